The molecule has 0 heterocycles. The molecule has 0 bridgehead atoms. The summed E-state index contributed by atoms with van der Waals surface area (Å²) in [6, 6.07) is 0. The molecule has 0 saturated carbocycles. The van der Waals surface area contributed by atoms with Crippen LogP contribution in [0.5, 0.6) is 0 Å². The molecule has 6 heavy (non-hydrogen) atoms. The molecule has 0 nitrogen and oxygen atoms in total. The van der Waals surface area contributed by atoms with Crippen molar-refractivity contribution in [3.8, 4) is 0 Å². The van der Waals surface area contributed by atoms with E-state index in [1.807, 2.05) is 32.1 Å². The molecule has 0 aliphatic rings. The Morgan fingerprint density at radius 1 is 1.33 bits per heavy atom. The van der Waals surface area contributed by atoms with Crippen molar-refractivity contribution in [1.82, 2.24) is 0 Å². The highest BCUT2D eigenvalue weighted by Gasteiger charge is 1.50. The highest BCUT2D eigenvalue weighted by Crippen LogP contribution is 1.69. The summed E-state index contributed by atoms with van der Waals surface area (Å²) in [6.07, 6.45) is 8.59. The molecule has 1 radical (unpaired) electrons. The Morgan fingerprint density at radius 2 is 2.00 bits per heavy atom. The molecule has 0 aromatic heterocycles. The predicted molar refractivity (Wildman–Crippen MR) is 28.3 cm³/mol. The van der Waals surface area contributed by atoms with Gasteiger partial charge in [-0.1, -0.05) is 18.2 Å². The predicted octanol–water partition coefficient (Wildman–Crippen LogP) is 1.94. The summed E-state index contributed by atoms with van der Waals surface area (Å²) in [6.45, 7) is 3.91. The van der Waals surface area contributed by atoms with Gasteiger partial charge in [0.2, 0.25) is 0 Å². The first-order valence-electron chi connectivity index (χ1n) is 2.07. The van der Waals surface area contributed by atoms with E-state index >= 15 is 0 Å². The molecular formula is C6H9. The highest BCUT2D eigenvalue weighted by molar-refractivity contribution is 4.90. The maximum absolute atomic E-state index is 2.89. The van der Waals surface area contributed by atoms with Gasteiger partial charge in [0.05, 0.1) is 0 Å². The zero-order valence-electron chi connectivity index (χ0n) is 4.23. The molecule has 0 rings (SSSR count). The molecule has 0 heteroatoms. The molecule has 0 amide bonds. The van der Waals surface area contributed by atoms with Crippen LogP contribution in [0, 0.1) is 6.08 Å². The molecule has 0 aromatic carbocycles. The Labute approximate surface area is 39.2 Å². The van der Waals surface area contributed by atoms with E-state index in [1.54, 1.807) is 0 Å². The van der Waals surface area contributed by atoms with E-state index in [0.29, 0.717) is 0 Å². The van der Waals surface area contributed by atoms with Crippen LogP contribution < -0.4 is 0 Å². The Balaban J connectivity index is 3.07. The lowest BCUT2D eigenvalue weighted by Gasteiger charge is -1.61. The van der Waals surface area contributed by atoms with E-state index in [2.05, 4.69) is 6.08 Å². The van der Waals surface area contributed by atoms with Crippen molar-refractivity contribution in [3.05, 3.63) is 24.3 Å². The summed E-state index contributed by atoms with van der Waals surface area (Å²) in [7, 11) is 0. The molecule has 0 atom stereocenters. The summed E-state index contributed by atoms with van der Waals surface area (Å²) >= 11 is 0. The second kappa shape index (κ2) is 4.48. The Kier molecular flexibility index (Phi) is 4.09. The zero-order chi connectivity index (χ0) is 4.83. The minimum Gasteiger partial charge on any atom is -0.0871 e. The van der Waals surface area contributed by atoms with Gasteiger partial charge in [-0.25, -0.2) is 0 Å². The molecule has 0 unspecified atom stereocenters. The van der Waals surface area contributed by atoms with Crippen LogP contribution in [0.2, 0.25) is 0 Å². The van der Waals surface area contributed by atoms with E-state index < -0.39 is 0 Å². The first kappa shape index (κ1) is 5.48. The average molecular weight is 81.1 g/mol. The monoisotopic (exact) mass is 81.1 g/mol. The van der Waals surface area contributed by atoms with E-state index in [1.165, 1.54) is 0 Å². The molecule has 0 aromatic rings. The van der Waals surface area contributed by atoms with E-state index in [4.69, 9.17) is 0 Å². The quantitative estimate of drug-likeness (QED) is 0.423. The van der Waals surface area contributed by atoms with Gasteiger partial charge in [-0.2, -0.15) is 0 Å². The van der Waals surface area contributed by atoms with Crippen LogP contribution in [0.1, 0.15) is 13.8 Å². The summed E-state index contributed by atoms with van der Waals surface area (Å²) in [5.41, 5.74) is 0. The fourth-order valence-corrected chi connectivity index (χ4v) is 0.192. The van der Waals surface area contributed by atoms with Crippen LogP contribution in [-0.2, 0) is 0 Å². The smallest absolute Gasteiger partial charge is 0.0233 e. The van der Waals surface area contributed by atoms with Gasteiger partial charge in [0.1, 0.15) is 0 Å². The van der Waals surface area contributed by atoms with Crippen molar-refractivity contribution >= 4 is 0 Å². The van der Waals surface area contributed by atoms with Gasteiger partial charge < -0.3 is 0 Å². The molecule has 0 N–H and O–H groups in total. The second-order valence-corrected chi connectivity index (χ2v) is 0.955. The molecule has 0 aliphatic heterocycles. The summed E-state index contributed by atoms with van der Waals surface area (Å²) in [5.74, 6) is 0. The first-order valence-corrected chi connectivity index (χ1v) is 2.07. The van der Waals surface area contributed by atoms with Gasteiger partial charge in [0.25, 0.3) is 0 Å². The molecule has 0 saturated heterocycles. The van der Waals surface area contributed by atoms with Crippen molar-refractivity contribution in [1.29, 1.82) is 0 Å². The Morgan fingerprint density at radius 3 is 2.17 bits per heavy atom. The Bertz CT molecular complexity index is 48.4. The van der Waals surface area contributed by atoms with E-state index in [0.717, 1.165) is 0 Å². The number of rotatable bonds is 1. The van der Waals surface area contributed by atoms with Crippen LogP contribution in [0.4, 0.5) is 0 Å². The zero-order valence-corrected chi connectivity index (χ0v) is 4.23. The summed E-state index contributed by atoms with van der Waals surface area (Å²) < 4.78 is 0. The van der Waals surface area contributed by atoms with Crippen LogP contribution in [-0.4, -0.2) is 0 Å². The lowest BCUT2D eigenvalue weighted by Crippen LogP contribution is -1.42. The highest BCUT2D eigenvalue weighted by atomic mass is 13.6. The van der Waals surface area contributed by atoms with Crippen molar-refractivity contribution in [2.24, 2.45) is 0 Å². The van der Waals surface area contributed by atoms with Crippen LogP contribution in [0.3, 0.4) is 0 Å². The third-order valence-electron chi connectivity index (χ3n) is 0.430. The van der Waals surface area contributed by atoms with E-state index in [-0.39, 0.29) is 0 Å². The number of allylic oxidation sites excluding steroid dienone is 4. The molecular weight excluding hydrogens is 72.1 g/mol. The second-order valence-electron chi connectivity index (χ2n) is 0.955. The van der Waals surface area contributed by atoms with Gasteiger partial charge in [0, 0.05) is 0 Å². The minimum atomic E-state index is 1.88. The van der Waals surface area contributed by atoms with Crippen LogP contribution >= 0.6 is 0 Å². The van der Waals surface area contributed by atoms with Crippen molar-refractivity contribution in [2.45, 2.75) is 13.8 Å². The SMILES string of the molecule is CC=[C]C=CC. The molecule has 0 spiro atoms. The van der Waals surface area contributed by atoms with Gasteiger partial charge >= 0.3 is 0 Å². The third kappa shape index (κ3) is 3.48. The Hall–Kier alpha value is -0.520. The van der Waals surface area contributed by atoms with E-state index in [9.17, 15) is 0 Å². The topological polar surface area (TPSA) is 0 Å². The third-order valence-corrected chi connectivity index (χ3v) is 0.430. The summed E-state index contributed by atoms with van der Waals surface area (Å²) in [4.78, 5) is 0. The van der Waals surface area contributed by atoms with Gasteiger partial charge in [-0.05, 0) is 19.9 Å². The van der Waals surface area contributed by atoms with Crippen molar-refractivity contribution in [3.63, 3.8) is 0 Å². The fourth-order valence-electron chi connectivity index (χ4n) is 0.192. The van der Waals surface area contributed by atoms with Gasteiger partial charge in [0.15, 0.2) is 0 Å². The standard InChI is InChI=1S/C6H9/c1-3-5-6-4-2/h3-5H,1-2H3. The summed E-state index contributed by atoms with van der Waals surface area (Å²) in [5, 5.41) is 0. The maximum Gasteiger partial charge on any atom is -0.0233 e. The average Bonchev–Trinajstić information content (AvgIpc) is 1.61. The minimum absolute atomic E-state index is 1.88. The van der Waals surface area contributed by atoms with Crippen molar-refractivity contribution < 1.29 is 0 Å². The van der Waals surface area contributed by atoms with Gasteiger partial charge in [-0.3, -0.25) is 0 Å². The van der Waals surface area contributed by atoms with Crippen LogP contribution in [0.15, 0.2) is 18.2 Å². The number of hydrogen-bond acceptors (Lipinski definition) is 0. The molecule has 0 aliphatic carbocycles. The lowest BCUT2D eigenvalue weighted by molar-refractivity contribution is 1.65. The largest absolute Gasteiger partial charge is 0.0871 e. The van der Waals surface area contributed by atoms with Gasteiger partial charge in [-0.15, -0.1) is 0 Å². The van der Waals surface area contributed by atoms with Crippen LogP contribution in [0.25, 0.3) is 0 Å². The first-order chi connectivity index (χ1) is 2.91. The lowest BCUT2D eigenvalue weighted by atomic mass is 10.5. The number of hydrogen-bond donors (Lipinski definition) is 0. The molecule has 0 fully saturated rings. The maximum atomic E-state index is 2.89. The normalized spacial score (nSPS) is 11.7. The van der Waals surface area contributed by atoms with Crippen molar-refractivity contribution in [2.75, 3.05) is 0 Å². The molecule has 33 valence electrons. The fraction of sp³-hybridized carbons (Fsp3) is 0.333.